The van der Waals surface area contributed by atoms with E-state index < -0.39 is 17.8 Å². The van der Waals surface area contributed by atoms with Gasteiger partial charge in [-0.2, -0.15) is 0 Å². The Morgan fingerprint density at radius 3 is 2.65 bits per heavy atom. The zero-order valence-corrected chi connectivity index (χ0v) is 11.6. The van der Waals surface area contributed by atoms with Crippen LogP contribution in [-0.2, 0) is 4.79 Å². The minimum atomic E-state index is -0.899. The van der Waals surface area contributed by atoms with Gasteiger partial charge in [0.15, 0.2) is 0 Å². The molecule has 0 bridgehead atoms. The second-order valence-electron chi connectivity index (χ2n) is 4.69. The van der Waals surface area contributed by atoms with E-state index >= 15 is 0 Å². The highest BCUT2D eigenvalue weighted by atomic mass is 19.1. The maximum Gasteiger partial charge on any atom is 0.319 e. The number of halogens is 1. The highest BCUT2D eigenvalue weighted by Gasteiger charge is 2.13. The van der Waals surface area contributed by atoms with Crippen molar-refractivity contribution in [3.05, 3.63) is 29.6 Å². The summed E-state index contributed by atoms with van der Waals surface area (Å²) in [6.07, 6.45) is 0.640. The minimum Gasteiger partial charge on any atom is -0.481 e. The molecule has 1 atom stereocenters. The van der Waals surface area contributed by atoms with Gasteiger partial charge in [0.1, 0.15) is 5.82 Å². The first-order chi connectivity index (χ1) is 9.42. The molecule has 0 heterocycles. The van der Waals surface area contributed by atoms with Crippen molar-refractivity contribution < 1.29 is 19.1 Å². The maximum absolute atomic E-state index is 13.5. The number of nitrogens with one attached hydrogen (secondary N) is 2. The number of anilines is 1. The smallest absolute Gasteiger partial charge is 0.319 e. The summed E-state index contributed by atoms with van der Waals surface area (Å²) in [7, 11) is 0. The van der Waals surface area contributed by atoms with Crippen LogP contribution in [0.25, 0.3) is 0 Å². The number of benzene rings is 1. The van der Waals surface area contributed by atoms with E-state index in [2.05, 4.69) is 10.6 Å². The Hall–Kier alpha value is -2.11. The number of urea groups is 1. The zero-order chi connectivity index (χ0) is 15.1. The number of carbonyl (C=O) groups is 2. The van der Waals surface area contributed by atoms with Crippen molar-refractivity contribution in [2.24, 2.45) is 5.92 Å². The molecule has 0 aliphatic carbocycles. The lowest BCUT2D eigenvalue weighted by Crippen LogP contribution is -2.33. The molecule has 0 aliphatic rings. The molecule has 2 amide bonds. The van der Waals surface area contributed by atoms with E-state index in [1.54, 1.807) is 13.0 Å². The summed E-state index contributed by atoms with van der Waals surface area (Å²) >= 11 is 0. The molecule has 20 heavy (non-hydrogen) atoms. The second-order valence-corrected chi connectivity index (χ2v) is 4.69. The van der Waals surface area contributed by atoms with Crippen LogP contribution < -0.4 is 10.6 Å². The van der Waals surface area contributed by atoms with Crippen molar-refractivity contribution in [2.75, 3.05) is 11.9 Å². The Labute approximate surface area is 117 Å². The number of carbonyl (C=O) groups excluding carboxylic acids is 1. The third kappa shape index (κ3) is 5.26. The Morgan fingerprint density at radius 2 is 2.10 bits per heavy atom. The topological polar surface area (TPSA) is 78.4 Å². The summed E-state index contributed by atoms with van der Waals surface area (Å²) in [6.45, 7) is 3.85. The SMILES string of the molecule is CCC(CNC(=O)Nc1ccc(C)cc1F)CC(=O)O. The normalized spacial score (nSPS) is 11.8. The number of hydrogen-bond acceptors (Lipinski definition) is 2. The molecule has 0 aliphatic heterocycles. The van der Waals surface area contributed by atoms with Gasteiger partial charge in [-0.1, -0.05) is 19.4 Å². The quantitative estimate of drug-likeness (QED) is 0.750. The summed E-state index contributed by atoms with van der Waals surface area (Å²) in [4.78, 5) is 22.2. The van der Waals surface area contributed by atoms with Crippen LogP contribution in [0.15, 0.2) is 18.2 Å². The third-order valence-corrected chi connectivity index (χ3v) is 2.96. The van der Waals surface area contributed by atoms with Gasteiger partial charge < -0.3 is 15.7 Å². The van der Waals surface area contributed by atoms with E-state index in [4.69, 9.17) is 5.11 Å². The van der Waals surface area contributed by atoms with Crippen molar-refractivity contribution in [1.29, 1.82) is 0 Å². The number of rotatable bonds is 6. The van der Waals surface area contributed by atoms with Crippen LogP contribution in [0.3, 0.4) is 0 Å². The average molecular weight is 282 g/mol. The summed E-state index contributed by atoms with van der Waals surface area (Å²) in [6, 6.07) is 3.96. The first-order valence-electron chi connectivity index (χ1n) is 6.45. The number of carboxylic acid groups (broad SMARTS) is 1. The standard InChI is InChI=1S/C14H19FN2O3/c1-3-10(7-13(18)19)8-16-14(20)17-12-5-4-9(2)6-11(12)15/h4-6,10H,3,7-8H2,1-2H3,(H,18,19)(H2,16,17,20). The van der Waals surface area contributed by atoms with E-state index in [0.29, 0.717) is 6.42 Å². The fraction of sp³-hybridized carbons (Fsp3) is 0.429. The highest BCUT2D eigenvalue weighted by molar-refractivity contribution is 5.89. The number of carboxylic acids is 1. The molecule has 0 aromatic heterocycles. The Bertz CT molecular complexity index is 491. The fourth-order valence-electron chi connectivity index (χ4n) is 1.73. The van der Waals surface area contributed by atoms with Gasteiger partial charge >= 0.3 is 12.0 Å². The Morgan fingerprint density at radius 1 is 1.40 bits per heavy atom. The lowest BCUT2D eigenvalue weighted by atomic mass is 10.0. The lowest BCUT2D eigenvalue weighted by Gasteiger charge is -2.14. The van der Waals surface area contributed by atoms with Gasteiger partial charge in [0.2, 0.25) is 0 Å². The summed E-state index contributed by atoms with van der Waals surface area (Å²) in [5.41, 5.74) is 0.861. The van der Waals surface area contributed by atoms with Gasteiger partial charge in [0, 0.05) is 13.0 Å². The van der Waals surface area contributed by atoms with Crippen LogP contribution in [0.2, 0.25) is 0 Å². The minimum absolute atomic E-state index is 0.00429. The molecule has 1 aromatic rings. The number of aryl methyl sites for hydroxylation is 1. The summed E-state index contributed by atoms with van der Waals surface area (Å²) in [5.74, 6) is -1.54. The first kappa shape index (κ1) is 15.9. The van der Waals surface area contributed by atoms with Crippen molar-refractivity contribution in [3.8, 4) is 0 Å². The fourth-order valence-corrected chi connectivity index (χ4v) is 1.73. The van der Waals surface area contributed by atoms with E-state index in [9.17, 15) is 14.0 Å². The molecule has 0 radical (unpaired) electrons. The molecular weight excluding hydrogens is 263 g/mol. The molecule has 0 saturated heterocycles. The van der Waals surface area contributed by atoms with Gasteiger partial charge in [-0.05, 0) is 30.5 Å². The number of aliphatic carboxylic acids is 1. The third-order valence-electron chi connectivity index (χ3n) is 2.96. The van der Waals surface area contributed by atoms with Crippen molar-refractivity contribution in [1.82, 2.24) is 5.32 Å². The number of amides is 2. The van der Waals surface area contributed by atoms with Crippen LogP contribution >= 0.6 is 0 Å². The number of hydrogen-bond donors (Lipinski definition) is 3. The van der Waals surface area contributed by atoms with Crippen LogP contribution in [0.4, 0.5) is 14.9 Å². The molecule has 0 fully saturated rings. The van der Waals surface area contributed by atoms with Crippen molar-refractivity contribution in [2.45, 2.75) is 26.7 Å². The molecule has 110 valence electrons. The Balaban J connectivity index is 2.49. The Kier molecular flexibility index (Phi) is 5.96. The van der Waals surface area contributed by atoms with Gasteiger partial charge in [-0.15, -0.1) is 0 Å². The molecule has 1 unspecified atom stereocenters. The van der Waals surface area contributed by atoms with Crippen LogP contribution in [0, 0.1) is 18.7 Å². The van der Waals surface area contributed by atoms with Crippen LogP contribution in [-0.4, -0.2) is 23.7 Å². The van der Waals surface area contributed by atoms with Crippen LogP contribution in [0.1, 0.15) is 25.3 Å². The first-order valence-corrected chi connectivity index (χ1v) is 6.45. The zero-order valence-electron chi connectivity index (χ0n) is 11.6. The predicted molar refractivity (Wildman–Crippen MR) is 74.2 cm³/mol. The summed E-state index contributed by atoms with van der Waals surface area (Å²) in [5, 5.41) is 13.6. The molecule has 1 aromatic carbocycles. The van der Waals surface area contributed by atoms with Gasteiger partial charge in [-0.3, -0.25) is 4.79 Å². The largest absolute Gasteiger partial charge is 0.481 e. The molecule has 3 N–H and O–H groups in total. The predicted octanol–water partition coefficient (Wildman–Crippen LogP) is 2.76. The van der Waals surface area contributed by atoms with Gasteiger partial charge in [0.05, 0.1) is 5.69 Å². The van der Waals surface area contributed by atoms with E-state index in [1.165, 1.54) is 12.1 Å². The van der Waals surface area contributed by atoms with E-state index in [0.717, 1.165) is 5.56 Å². The molecule has 6 heteroatoms. The van der Waals surface area contributed by atoms with Gasteiger partial charge in [0.25, 0.3) is 0 Å². The molecule has 1 rings (SSSR count). The lowest BCUT2D eigenvalue weighted by molar-refractivity contribution is -0.138. The highest BCUT2D eigenvalue weighted by Crippen LogP contribution is 2.15. The van der Waals surface area contributed by atoms with E-state index in [1.807, 2.05) is 6.92 Å². The monoisotopic (exact) mass is 282 g/mol. The average Bonchev–Trinajstić information content (AvgIpc) is 2.37. The summed E-state index contributed by atoms with van der Waals surface area (Å²) < 4.78 is 13.5. The molecule has 0 saturated carbocycles. The molecule has 0 spiro atoms. The van der Waals surface area contributed by atoms with Crippen LogP contribution in [0.5, 0.6) is 0 Å². The molecular formula is C14H19FN2O3. The second kappa shape index (κ2) is 7.47. The van der Waals surface area contributed by atoms with Crippen molar-refractivity contribution >= 4 is 17.7 Å². The van der Waals surface area contributed by atoms with Crippen molar-refractivity contribution in [3.63, 3.8) is 0 Å². The molecule has 5 nitrogen and oxygen atoms in total. The van der Waals surface area contributed by atoms with E-state index in [-0.39, 0.29) is 24.6 Å². The van der Waals surface area contributed by atoms with Gasteiger partial charge in [-0.25, -0.2) is 9.18 Å². The maximum atomic E-state index is 13.5.